The van der Waals surface area contributed by atoms with E-state index in [1.165, 1.54) is 11.1 Å². The zero-order chi connectivity index (χ0) is 40.3. The normalized spacial score (nSPS) is 54.9. The molecule has 314 valence electrons. The Morgan fingerprint density at radius 2 is 1.47 bits per heavy atom. The van der Waals surface area contributed by atoms with Crippen LogP contribution in [0.15, 0.2) is 23.3 Å². The first-order valence-corrected chi connectivity index (χ1v) is 20.7. The van der Waals surface area contributed by atoms with Gasteiger partial charge >= 0.3 is 0 Å². The van der Waals surface area contributed by atoms with Crippen LogP contribution in [0, 0.1) is 50.2 Å². The largest absolute Gasteiger partial charge is 0.396 e. The van der Waals surface area contributed by atoms with Crippen molar-refractivity contribution >= 4 is 0 Å². The van der Waals surface area contributed by atoms with Crippen LogP contribution in [0.3, 0.4) is 0 Å². The Morgan fingerprint density at radius 1 is 0.764 bits per heavy atom. The van der Waals surface area contributed by atoms with Gasteiger partial charge in [-0.05, 0) is 91.4 Å². The van der Waals surface area contributed by atoms with Crippen LogP contribution in [0.2, 0.25) is 0 Å². The average molecular weight is 781 g/mol. The fourth-order valence-corrected chi connectivity index (χ4v) is 13.3. The third kappa shape index (κ3) is 6.12. The summed E-state index contributed by atoms with van der Waals surface area (Å²) in [5.41, 5.74) is 0.300. The molecule has 0 aromatic carbocycles. The number of fused-ring (bicyclic) bond motifs is 6. The number of allylic oxidation sites excluding steroid dienone is 3. The lowest BCUT2D eigenvalue weighted by Gasteiger charge is -2.70. The fourth-order valence-electron chi connectivity index (χ4n) is 13.3. The van der Waals surface area contributed by atoms with Crippen LogP contribution in [-0.4, -0.2) is 138 Å². The van der Waals surface area contributed by atoms with E-state index in [1.807, 2.05) is 6.92 Å². The molecule has 5 fully saturated rings. The zero-order valence-electron chi connectivity index (χ0n) is 33.4. The molecule has 1 aliphatic heterocycles. The topological polar surface area (TPSA) is 230 Å². The van der Waals surface area contributed by atoms with Gasteiger partial charge in [-0.3, -0.25) is 0 Å². The fraction of sp³-hybridized carbons (Fsp3) is 0.905. The van der Waals surface area contributed by atoms with E-state index in [2.05, 4.69) is 46.8 Å². The highest BCUT2D eigenvalue weighted by atomic mass is 16.8. The Hall–Kier alpha value is -1.04. The van der Waals surface area contributed by atoms with E-state index in [0.29, 0.717) is 12.8 Å². The van der Waals surface area contributed by atoms with Gasteiger partial charge in [0.15, 0.2) is 12.6 Å². The van der Waals surface area contributed by atoms with Crippen molar-refractivity contribution in [1.29, 1.82) is 0 Å². The van der Waals surface area contributed by atoms with Crippen molar-refractivity contribution in [3.63, 3.8) is 0 Å². The molecule has 7 rings (SSSR count). The lowest BCUT2D eigenvalue weighted by atomic mass is 9.35. The maximum Gasteiger partial charge on any atom is 0.189 e. The SMILES string of the molecule is CC1(C)CC[C@]2(CO)C(=C3C=C[C@H]4[C@]5(C)CC[C@@H](O[C@H]6O[C@@H](O)[C@@H](O)[C@@H](O[C@H]7C[C@@H](CO)[C@H](O)[C@@H](O)[C@@H]7O)[C@@H]6O)[C@](C)(CO)[C@@H]5CC[C@]4(C)[C@@]3(C)C[C@@H]2O)C1. The lowest BCUT2D eigenvalue weighted by Crippen LogP contribution is -2.67. The molecule has 19 atom stereocenters. The predicted molar refractivity (Wildman–Crippen MR) is 199 cm³/mol. The highest BCUT2D eigenvalue weighted by Crippen LogP contribution is 2.74. The molecule has 1 heterocycles. The summed E-state index contributed by atoms with van der Waals surface area (Å²) in [6.45, 7) is 12.8. The molecule has 0 aromatic heterocycles. The number of aliphatic hydroxyl groups is 10. The van der Waals surface area contributed by atoms with Gasteiger partial charge in [-0.15, -0.1) is 0 Å². The van der Waals surface area contributed by atoms with Crippen LogP contribution >= 0.6 is 0 Å². The molecule has 0 radical (unpaired) electrons. The number of aliphatic hydroxyl groups excluding tert-OH is 10. The van der Waals surface area contributed by atoms with E-state index in [-0.39, 0.29) is 53.1 Å². The highest BCUT2D eigenvalue weighted by molar-refractivity contribution is 5.47. The van der Waals surface area contributed by atoms with Crippen LogP contribution in [-0.2, 0) is 14.2 Å². The molecular weight excluding hydrogens is 712 g/mol. The van der Waals surface area contributed by atoms with E-state index in [9.17, 15) is 51.1 Å². The quantitative estimate of drug-likeness (QED) is 0.165. The smallest absolute Gasteiger partial charge is 0.189 e. The predicted octanol–water partition coefficient (Wildman–Crippen LogP) is 1.27. The van der Waals surface area contributed by atoms with E-state index in [1.54, 1.807) is 0 Å². The molecule has 6 aliphatic carbocycles. The summed E-state index contributed by atoms with van der Waals surface area (Å²) >= 11 is 0. The summed E-state index contributed by atoms with van der Waals surface area (Å²) in [6.07, 6.45) is -4.72. The third-order valence-electron chi connectivity index (χ3n) is 17.1. The van der Waals surface area contributed by atoms with Crippen molar-refractivity contribution < 1.29 is 65.3 Å². The molecule has 55 heavy (non-hydrogen) atoms. The minimum absolute atomic E-state index is 0.0213. The second kappa shape index (κ2) is 14.3. The van der Waals surface area contributed by atoms with Crippen LogP contribution in [0.1, 0.15) is 99.3 Å². The summed E-state index contributed by atoms with van der Waals surface area (Å²) in [6, 6.07) is 0. The van der Waals surface area contributed by atoms with Crippen molar-refractivity contribution in [1.82, 2.24) is 0 Å². The summed E-state index contributed by atoms with van der Waals surface area (Å²) in [5.74, 6) is -0.739. The lowest BCUT2D eigenvalue weighted by molar-refractivity contribution is -0.372. The molecule has 10 N–H and O–H groups in total. The van der Waals surface area contributed by atoms with E-state index < -0.39 is 90.9 Å². The van der Waals surface area contributed by atoms with Gasteiger partial charge in [0.25, 0.3) is 0 Å². The van der Waals surface area contributed by atoms with E-state index in [4.69, 9.17) is 14.2 Å². The molecule has 0 bridgehead atoms. The second-order valence-corrected chi connectivity index (χ2v) is 20.4. The van der Waals surface area contributed by atoms with E-state index in [0.717, 1.165) is 38.5 Å². The van der Waals surface area contributed by atoms with Gasteiger partial charge in [0, 0.05) is 28.8 Å². The van der Waals surface area contributed by atoms with Crippen LogP contribution in [0.25, 0.3) is 0 Å². The number of hydrogen-bond acceptors (Lipinski definition) is 13. The molecule has 4 saturated carbocycles. The van der Waals surface area contributed by atoms with Crippen molar-refractivity contribution in [2.75, 3.05) is 19.8 Å². The van der Waals surface area contributed by atoms with Crippen LogP contribution < -0.4 is 0 Å². The molecule has 0 spiro atoms. The Bertz CT molecular complexity index is 1500. The van der Waals surface area contributed by atoms with Crippen molar-refractivity contribution in [3.05, 3.63) is 23.3 Å². The first-order chi connectivity index (χ1) is 25.7. The molecule has 13 nitrogen and oxygen atoms in total. The van der Waals surface area contributed by atoms with Crippen molar-refractivity contribution in [2.45, 2.75) is 167 Å². The molecule has 1 saturated heterocycles. The van der Waals surface area contributed by atoms with Crippen LogP contribution in [0.5, 0.6) is 0 Å². The minimum Gasteiger partial charge on any atom is -0.396 e. The first-order valence-electron chi connectivity index (χ1n) is 20.7. The van der Waals surface area contributed by atoms with Gasteiger partial charge in [-0.25, -0.2) is 0 Å². The summed E-state index contributed by atoms with van der Waals surface area (Å²) in [4.78, 5) is 0. The molecule has 0 aromatic rings. The maximum absolute atomic E-state index is 12.0. The monoisotopic (exact) mass is 780 g/mol. The maximum atomic E-state index is 12.0. The van der Waals surface area contributed by atoms with Crippen molar-refractivity contribution in [2.24, 2.45) is 50.2 Å². The van der Waals surface area contributed by atoms with Gasteiger partial charge < -0.3 is 65.3 Å². The average Bonchev–Trinajstić information content (AvgIpc) is 3.13. The number of rotatable bonds is 7. The summed E-state index contributed by atoms with van der Waals surface area (Å²) in [7, 11) is 0. The van der Waals surface area contributed by atoms with Gasteiger partial charge in [0.05, 0.1) is 37.6 Å². The standard InChI is InChI=1S/C42H68O13/c1-37(2)13-14-42(20-45)23(16-37)22-7-8-26-38(3)11-10-28(39(4,19-44)25(38)9-12-40(26,5)41(22,6)17-27(42)46)54-36-33(51)34(32(50)35(52)55-36)53-24-15-21(18-43)29(47)31(49)30(24)48/h7-8,21,24-36,43-52H,9-20H2,1-6H3/t21-,24-,25+,26-,27-,28+,29-,30+,31+,32-,33-,34+,35+,36-,38+,39+,40-,41-,42-/m0/s1. The second-order valence-electron chi connectivity index (χ2n) is 20.4. The summed E-state index contributed by atoms with van der Waals surface area (Å²) in [5, 5.41) is 108. The van der Waals surface area contributed by atoms with E-state index >= 15 is 0 Å². The van der Waals surface area contributed by atoms with Crippen LogP contribution in [0.4, 0.5) is 0 Å². The Balaban J connectivity index is 1.15. The Kier molecular flexibility index (Phi) is 11.0. The highest BCUT2D eigenvalue weighted by Gasteiger charge is 2.69. The Morgan fingerprint density at radius 3 is 2.13 bits per heavy atom. The molecule has 13 heteroatoms. The van der Waals surface area contributed by atoms with Crippen molar-refractivity contribution in [3.8, 4) is 0 Å². The minimum atomic E-state index is -1.82. The zero-order valence-corrected chi connectivity index (χ0v) is 33.4. The van der Waals surface area contributed by atoms with Gasteiger partial charge in [-0.1, -0.05) is 59.3 Å². The van der Waals surface area contributed by atoms with Gasteiger partial charge in [-0.2, -0.15) is 0 Å². The Labute approximate surface area is 325 Å². The molecular formula is C42H68O13. The van der Waals surface area contributed by atoms with Gasteiger partial charge in [0.1, 0.15) is 30.5 Å². The molecule has 0 unspecified atom stereocenters. The molecule has 0 amide bonds. The summed E-state index contributed by atoms with van der Waals surface area (Å²) < 4.78 is 18.1. The number of ether oxygens (including phenoxy) is 3. The third-order valence-corrected chi connectivity index (χ3v) is 17.1. The van der Waals surface area contributed by atoms with Gasteiger partial charge in [0.2, 0.25) is 0 Å². The molecule has 7 aliphatic rings. The number of hydrogen-bond donors (Lipinski definition) is 10. The first kappa shape index (κ1) is 42.1.